The van der Waals surface area contributed by atoms with Gasteiger partial charge < -0.3 is 9.88 Å². The highest BCUT2D eigenvalue weighted by molar-refractivity contribution is 5.83. The summed E-state index contributed by atoms with van der Waals surface area (Å²) in [6.45, 7) is 5.01. The summed E-state index contributed by atoms with van der Waals surface area (Å²) in [5.74, 6) is 0.762. The predicted octanol–water partition coefficient (Wildman–Crippen LogP) is 4.79. The van der Waals surface area contributed by atoms with E-state index in [2.05, 4.69) is 75.7 Å². The molecule has 1 fully saturated rings. The van der Waals surface area contributed by atoms with Crippen LogP contribution in [0.5, 0.6) is 0 Å². The molecule has 0 spiro atoms. The van der Waals surface area contributed by atoms with Gasteiger partial charge in [0.1, 0.15) is 6.04 Å². The summed E-state index contributed by atoms with van der Waals surface area (Å²) in [5, 5.41) is 14.2. The van der Waals surface area contributed by atoms with Gasteiger partial charge in [0.2, 0.25) is 0 Å². The molecule has 1 aliphatic carbocycles. The monoisotopic (exact) mass is 454 g/mol. The van der Waals surface area contributed by atoms with Gasteiger partial charge in [-0.3, -0.25) is 4.79 Å². The second-order valence-corrected chi connectivity index (χ2v) is 9.84. The number of nitrogens with zero attached hydrogens (tertiary/aromatic N) is 5. The van der Waals surface area contributed by atoms with Crippen LogP contribution in [0.15, 0.2) is 47.3 Å². The van der Waals surface area contributed by atoms with E-state index in [0.717, 1.165) is 60.1 Å². The second-order valence-electron chi connectivity index (χ2n) is 9.84. The van der Waals surface area contributed by atoms with Crippen molar-refractivity contribution in [2.24, 2.45) is 0 Å². The van der Waals surface area contributed by atoms with E-state index in [4.69, 9.17) is 0 Å². The molecular formula is C27H30N6O. The Morgan fingerprint density at radius 2 is 1.88 bits per heavy atom. The lowest BCUT2D eigenvalue weighted by Gasteiger charge is -2.37. The minimum Gasteiger partial charge on any atom is -0.357 e. The Morgan fingerprint density at radius 1 is 1.06 bits per heavy atom. The van der Waals surface area contributed by atoms with Crippen molar-refractivity contribution >= 4 is 16.6 Å². The van der Waals surface area contributed by atoms with Crippen LogP contribution in [0.2, 0.25) is 0 Å². The molecule has 1 unspecified atom stereocenters. The van der Waals surface area contributed by atoms with Crippen LogP contribution in [0, 0.1) is 13.8 Å². The standard InChI is InChI=1S/C27H30N6O/c1-17-14-18(2)21-16-22(27(34)28-23(21)15-17)25(26-29-30-31-33(26)20-10-4-5-11-20)32-13-7-9-19-8-3-6-12-24(19)32/h3,6,8,12,14-16,20,25H,4-5,7,9-11,13H2,1-2H3,(H,28,34). The molecule has 4 aromatic rings. The van der Waals surface area contributed by atoms with Crippen LogP contribution in [0.1, 0.15) is 72.3 Å². The Hall–Kier alpha value is -3.48. The van der Waals surface area contributed by atoms with Crippen LogP contribution in [-0.2, 0) is 6.42 Å². The molecule has 7 heteroatoms. The van der Waals surface area contributed by atoms with E-state index >= 15 is 0 Å². The van der Waals surface area contributed by atoms with Crippen molar-refractivity contribution in [3.63, 3.8) is 0 Å². The summed E-state index contributed by atoms with van der Waals surface area (Å²) >= 11 is 0. The van der Waals surface area contributed by atoms with Gasteiger partial charge in [-0.05, 0) is 84.8 Å². The van der Waals surface area contributed by atoms with Gasteiger partial charge in [0.25, 0.3) is 5.56 Å². The average Bonchev–Trinajstić information content (AvgIpc) is 3.52. The Balaban J connectivity index is 1.58. The molecule has 1 aliphatic heterocycles. The fourth-order valence-electron chi connectivity index (χ4n) is 5.96. The maximum absolute atomic E-state index is 13.6. The van der Waals surface area contributed by atoms with Crippen molar-refractivity contribution < 1.29 is 0 Å². The molecule has 0 radical (unpaired) electrons. The normalized spacial score (nSPS) is 17.3. The number of pyridine rings is 1. The Labute approximate surface area is 198 Å². The first kappa shape index (κ1) is 21.1. The summed E-state index contributed by atoms with van der Waals surface area (Å²) < 4.78 is 2.00. The zero-order valence-corrected chi connectivity index (χ0v) is 19.8. The molecule has 7 nitrogen and oxygen atoms in total. The molecule has 174 valence electrons. The minimum absolute atomic E-state index is 0.0773. The number of H-pyrrole nitrogens is 1. The molecule has 6 rings (SSSR count). The molecule has 2 aliphatic rings. The van der Waals surface area contributed by atoms with E-state index in [9.17, 15) is 4.79 Å². The predicted molar refractivity (Wildman–Crippen MR) is 133 cm³/mol. The second kappa shape index (κ2) is 8.38. The molecule has 0 saturated heterocycles. The van der Waals surface area contributed by atoms with Crippen LogP contribution < -0.4 is 10.5 Å². The first-order chi connectivity index (χ1) is 16.6. The number of tetrazole rings is 1. The first-order valence-electron chi connectivity index (χ1n) is 12.4. The largest absolute Gasteiger partial charge is 0.357 e. The van der Waals surface area contributed by atoms with Crippen LogP contribution in [-0.4, -0.2) is 31.7 Å². The average molecular weight is 455 g/mol. The lowest BCUT2D eigenvalue weighted by atomic mass is 9.95. The number of rotatable bonds is 4. The van der Waals surface area contributed by atoms with Crippen molar-refractivity contribution in [2.45, 2.75) is 64.5 Å². The van der Waals surface area contributed by atoms with E-state index in [0.29, 0.717) is 5.56 Å². The number of para-hydroxylation sites is 1. The Morgan fingerprint density at radius 3 is 2.74 bits per heavy atom. The fourth-order valence-corrected chi connectivity index (χ4v) is 5.96. The molecule has 0 amide bonds. The van der Waals surface area contributed by atoms with Gasteiger partial charge in [-0.2, -0.15) is 0 Å². The van der Waals surface area contributed by atoms with E-state index < -0.39 is 0 Å². The number of aromatic nitrogens is 5. The van der Waals surface area contributed by atoms with Crippen molar-refractivity contribution in [1.29, 1.82) is 0 Å². The van der Waals surface area contributed by atoms with Gasteiger partial charge in [-0.25, -0.2) is 4.68 Å². The summed E-state index contributed by atoms with van der Waals surface area (Å²) in [5.41, 5.74) is 6.26. The SMILES string of the molecule is Cc1cc(C)c2cc(C(c3nnnn3C3CCCC3)N3CCCc4ccccc43)c(=O)[nH]c2c1. The van der Waals surface area contributed by atoms with E-state index in [1.807, 2.05) is 10.7 Å². The van der Waals surface area contributed by atoms with Crippen molar-refractivity contribution in [1.82, 2.24) is 25.2 Å². The van der Waals surface area contributed by atoms with Gasteiger partial charge in [0, 0.05) is 28.7 Å². The number of hydrogen-bond acceptors (Lipinski definition) is 5. The van der Waals surface area contributed by atoms with Gasteiger partial charge in [0.05, 0.1) is 6.04 Å². The number of aromatic amines is 1. The molecule has 1 N–H and O–H groups in total. The molecule has 2 aromatic carbocycles. The van der Waals surface area contributed by atoms with Gasteiger partial charge >= 0.3 is 0 Å². The molecule has 3 heterocycles. The lowest BCUT2D eigenvalue weighted by molar-refractivity contribution is 0.425. The van der Waals surface area contributed by atoms with E-state index in [1.165, 1.54) is 24.1 Å². The summed E-state index contributed by atoms with van der Waals surface area (Å²) in [4.78, 5) is 19.1. The molecule has 2 aromatic heterocycles. The van der Waals surface area contributed by atoms with Crippen LogP contribution >= 0.6 is 0 Å². The highest BCUT2D eigenvalue weighted by Crippen LogP contribution is 2.39. The van der Waals surface area contributed by atoms with Gasteiger partial charge in [0.15, 0.2) is 5.82 Å². The smallest absolute Gasteiger partial charge is 0.254 e. The fraction of sp³-hybridized carbons (Fsp3) is 0.407. The van der Waals surface area contributed by atoms with Crippen LogP contribution in [0.3, 0.4) is 0 Å². The van der Waals surface area contributed by atoms with Crippen molar-refractivity contribution in [3.05, 3.63) is 80.9 Å². The molecule has 0 bridgehead atoms. The highest BCUT2D eigenvalue weighted by Gasteiger charge is 2.35. The van der Waals surface area contributed by atoms with Gasteiger partial charge in [-0.1, -0.05) is 37.1 Å². The van der Waals surface area contributed by atoms with E-state index in [-0.39, 0.29) is 17.6 Å². The number of fused-ring (bicyclic) bond motifs is 2. The third kappa shape index (κ3) is 3.50. The third-order valence-electron chi connectivity index (χ3n) is 7.53. The third-order valence-corrected chi connectivity index (χ3v) is 7.53. The topological polar surface area (TPSA) is 79.7 Å². The maximum atomic E-state index is 13.6. The van der Waals surface area contributed by atoms with E-state index in [1.54, 1.807) is 0 Å². The molecule has 1 saturated carbocycles. The zero-order valence-electron chi connectivity index (χ0n) is 19.8. The molecular weight excluding hydrogens is 424 g/mol. The molecule has 1 atom stereocenters. The summed E-state index contributed by atoms with van der Waals surface area (Å²) in [6, 6.07) is 14.7. The maximum Gasteiger partial charge on any atom is 0.254 e. The van der Waals surface area contributed by atoms with Crippen molar-refractivity contribution in [2.75, 3.05) is 11.4 Å². The number of hydrogen-bond donors (Lipinski definition) is 1. The summed E-state index contributed by atoms with van der Waals surface area (Å²) in [7, 11) is 0. The highest BCUT2D eigenvalue weighted by atomic mass is 16.1. The Kier molecular flexibility index (Phi) is 5.20. The summed E-state index contributed by atoms with van der Waals surface area (Å²) in [6.07, 6.45) is 6.61. The number of anilines is 1. The quantitative estimate of drug-likeness (QED) is 0.480. The van der Waals surface area contributed by atoms with Crippen LogP contribution in [0.4, 0.5) is 5.69 Å². The Bertz CT molecular complexity index is 1410. The number of benzene rings is 2. The number of nitrogens with one attached hydrogen (secondary N) is 1. The van der Waals surface area contributed by atoms with Crippen LogP contribution in [0.25, 0.3) is 10.9 Å². The number of aryl methyl sites for hydroxylation is 3. The van der Waals surface area contributed by atoms with Gasteiger partial charge in [-0.15, -0.1) is 5.10 Å². The lowest BCUT2D eigenvalue weighted by Crippen LogP contribution is -2.38. The van der Waals surface area contributed by atoms with Crippen molar-refractivity contribution in [3.8, 4) is 0 Å². The molecule has 34 heavy (non-hydrogen) atoms. The zero-order chi connectivity index (χ0) is 23.2. The first-order valence-corrected chi connectivity index (χ1v) is 12.4. The minimum atomic E-state index is -0.356.